The van der Waals surface area contributed by atoms with Crippen molar-refractivity contribution in [1.29, 1.82) is 0 Å². The molecular formula is C13H16N2O. The predicted octanol–water partition coefficient (Wildman–Crippen LogP) is 2.16. The predicted molar refractivity (Wildman–Crippen MR) is 64.9 cm³/mol. The highest BCUT2D eigenvalue weighted by Crippen LogP contribution is 2.24. The van der Waals surface area contributed by atoms with E-state index in [-0.39, 0.29) is 6.03 Å². The fourth-order valence-electron chi connectivity index (χ4n) is 2.05. The van der Waals surface area contributed by atoms with Crippen LogP contribution in [0.15, 0.2) is 30.3 Å². The minimum Gasteiger partial charge on any atom is -0.351 e. The quantitative estimate of drug-likeness (QED) is 0.768. The van der Waals surface area contributed by atoms with E-state index in [0.29, 0.717) is 6.54 Å². The fourth-order valence-corrected chi connectivity index (χ4v) is 2.05. The lowest BCUT2D eigenvalue weighted by atomic mass is 9.96. The van der Waals surface area contributed by atoms with Crippen LogP contribution in [0.2, 0.25) is 0 Å². The summed E-state index contributed by atoms with van der Waals surface area (Å²) >= 11 is 0. The molecular weight excluding hydrogens is 200 g/mol. The van der Waals surface area contributed by atoms with E-state index in [0.717, 1.165) is 13.0 Å². The van der Waals surface area contributed by atoms with Crippen molar-refractivity contribution in [2.24, 2.45) is 5.73 Å². The van der Waals surface area contributed by atoms with Crippen LogP contribution in [0, 0.1) is 6.92 Å². The number of hydrogen-bond acceptors (Lipinski definition) is 1. The van der Waals surface area contributed by atoms with Gasteiger partial charge in [-0.2, -0.15) is 0 Å². The van der Waals surface area contributed by atoms with Crippen LogP contribution in [0.25, 0.3) is 5.57 Å². The van der Waals surface area contributed by atoms with E-state index >= 15 is 0 Å². The van der Waals surface area contributed by atoms with Gasteiger partial charge in [-0.1, -0.05) is 30.3 Å². The molecule has 16 heavy (non-hydrogen) atoms. The topological polar surface area (TPSA) is 46.3 Å². The Morgan fingerprint density at radius 1 is 1.38 bits per heavy atom. The molecule has 0 spiro atoms. The third kappa shape index (κ3) is 2.08. The molecule has 1 heterocycles. The van der Waals surface area contributed by atoms with Crippen molar-refractivity contribution >= 4 is 11.6 Å². The van der Waals surface area contributed by atoms with Crippen LogP contribution in [0.3, 0.4) is 0 Å². The minimum atomic E-state index is -0.333. The molecule has 1 aromatic carbocycles. The Hall–Kier alpha value is -1.77. The van der Waals surface area contributed by atoms with E-state index in [1.165, 1.54) is 16.7 Å². The summed E-state index contributed by atoms with van der Waals surface area (Å²) in [5, 5.41) is 0. The lowest BCUT2D eigenvalue weighted by Gasteiger charge is -2.25. The lowest BCUT2D eigenvalue weighted by Crippen LogP contribution is -2.38. The number of benzene rings is 1. The Morgan fingerprint density at radius 2 is 2.12 bits per heavy atom. The van der Waals surface area contributed by atoms with Crippen LogP contribution in [0.5, 0.6) is 0 Å². The SMILES string of the molecule is Cc1ccccc1C1=CCN(C(N)=O)CC1. The summed E-state index contributed by atoms with van der Waals surface area (Å²) in [6.45, 7) is 3.45. The average Bonchev–Trinajstić information content (AvgIpc) is 2.30. The summed E-state index contributed by atoms with van der Waals surface area (Å²) in [5.74, 6) is 0. The molecule has 0 saturated carbocycles. The van der Waals surface area contributed by atoms with Gasteiger partial charge < -0.3 is 10.6 Å². The summed E-state index contributed by atoms with van der Waals surface area (Å²) in [6, 6.07) is 7.99. The van der Waals surface area contributed by atoms with Crippen molar-refractivity contribution in [2.45, 2.75) is 13.3 Å². The molecule has 0 bridgehead atoms. The number of aryl methyl sites for hydroxylation is 1. The van der Waals surface area contributed by atoms with Crippen LogP contribution in [-0.4, -0.2) is 24.0 Å². The molecule has 2 amide bonds. The Kier molecular flexibility index (Phi) is 2.95. The molecule has 0 saturated heterocycles. The number of rotatable bonds is 1. The van der Waals surface area contributed by atoms with Gasteiger partial charge in [0.05, 0.1) is 0 Å². The van der Waals surface area contributed by atoms with Crippen LogP contribution in [0.1, 0.15) is 17.5 Å². The normalized spacial score (nSPS) is 15.8. The molecule has 2 N–H and O–H groups in total. The second-order valence-electron chi connectivity index (χ2n) is 4.08. The van der Waals surface area contributed by atoms with Gasteiger partial charge in [0, 0.05) is 13.1 Å². The van der Waals surface area contributed by atoms with E-state index in [4.69, 9.17) is 5.73 Å². The van der Waals surface area contributed by atoms with E-state index in [1.807, 2.05) is 12.1 Å². The van der Waals surface area contributed by atoms with Gasteiger partial charge in [-0.3, -0.25) is 0 Å². The Balaban J connectivity index is 2.19. The molecule has 3 nitrogen and oxygen atoms in total. The van der Waals surface area contributed by atoms with Crippen LogP contribution >= 0.6 is 0 Å². The summed E-state index contributed by atoms with van der Waals surface area (Å²) in [5.41, 5.74) is 9.12. The van der Waals surface area contributed by atoms with Gasteiger partial charge in [0.1, 0.15) is 0 Å². The van der Waals surface area contributed by atoms with E-state index in [2.05, 4.69) is 25.1 Å². The highest BCUT2D eigenvalue weighted by molar-refractivity contribution is 5.75. The molecule has 0 atom stereocenters. The Morgan fingerprint density at radius 3 is 2.69 bits per heavy atom. The average molecular weight is 216 g/mol. The number of carbonyl (C=O) groups excluding carboxylic acids is 1. The third-order valence-corrected chi connectivity index (χ3v) is 3.01. The zero-order valence-corrected chi connectivity index (χ0v) is 9.44. The number of nitrogens with two attached hydrogens (primary N) is 1. The maximum atomic E-state index is 11.0. The molecule has 1 aliphatic heterocycles. The van der Waals surface area contributed by atoms with Crippen molar-refractivity contribution in [3.8, 4) is 0 Å². The van der Waals surface area contributed by atoms with Crippen molar-refractivity contribution in [3.63, 3.8) is 0 Å². The van der Waals surface area contributed by atoms with E-state index < -0.39 is 0 Å². The maximum absolute atomic E-state index is 11.0. The summed E-state index contributed by atoms with van der Waals surface area (Å²) < 4.78 is 0. The summed E-state index contributed by atoms with van der Waals surface area (Å²) in [7, 11) is 0. The number of nitrogens with zero attached hydrogens (tertiary/aromatic N) is 1. The van der Waals surface area contributed by atoms with Crippen molar-refractivity contribution in [3.05, 3.63) is 41.5 Å². The van der Waals surface area contributed by atoms with Gasteiger partial charge in [-0.25, -0.2) is 4.79 Å². The number of urea groups is 1. The first kappa shape index (κ1) is 10.7. The zero-order chi connectivity index (χ0) is 11.5. The summed E-state index contributed by atoms with van der Waals surface area (Å²) in [4.78, 5) is 12.6. The molecule has 0 fully saturated rings. The highest BCUT2D eigenvalue weighted by atomic mass is 16.2. The Bertz CT molecular complexity index is 437. The molecule has 0 unspecified atom stereocenters. The van der Waals surface area contributed by atoms with Crippen molar-refractivity contribution in [2.75, 3.05) is 13.1 Å². The standard InChI is InChI=1S/C13H16N2O/c1-10-4-2-3-5-12(10)11-6-8-15(9-7-11)13(14)16/h2-6H,7-9H2,1H3,(H2,14,16). The fraction of sp³-hybridized carbons (Fsp3) is 0.308. The summed E-state index contributed by atoms with van der Waals surface area (Å²) in [6.07, 6.45) is 2.98. The zero-order valence-electron chi connectivity index (χ0n) is 9.44. The number of amides is 2. The first-order chi connectivity index (χ1) is 7.68. The van der Waals surface area contributed by atoms with Crippen LogP contribution in [0.4, 0.5) is 4.79 Å². The first-order valence-corrected chi connectivity index (χ1v) is 5.48. The van der Waals surface area contributed by atoms with E-state index in [1.54, 1.807) is 4.90 Å². The van der Waals surface area contributed by atoms with Crippen molar-refractivity contribution < 1.29 is 4.79 Å². The molecule has 84 valence electrons. The second kappa shape index (κ2) is 4.39. The molecule has 1 aromatic rings. The van der Waals surface area contributed by atoms with Crippen molar-refractivity contribution in [1.82, 2.24) is 4.90 Å². The number of primary amides is 1. The molecule has 2 rings (SSSR count). The lowest BCUT2D eigenvalue weighted by molar-refractivity contribution is 0.213. The molecule has 0 aliphatic carbocycles. The monoisotopic (exact) mass is 216 g/mol. The number of carbonyl (C=O) groups is 1. The third-order valence-electron chi connectivity index (χ3n) is 3.01. The minimum absolute atomic E-state index is 0.333. The highest BCUT2D eigenvalue weighted by Gasteiger charge is 2.15. The molecule has 0 aromatic heterocycles. The Labute approximate surface area is 95.6 Å². The van der Waals surface area contributed by atoms with Gasteiger partial charge in [0.25, 0.3) is 0 Å². The molecule has 0 radical (unpaired) electrons. The molecule has 3 heteroatoms. The largest absolute Gasteiger partial charge is 0.351 e. The van der Waals surface area contributed by atoms with Gasteiger partial charge in [-0.15, -0.1) is 0 Å². The maximum Gasteiger partial charge on any atom is 0.315 e. The number of hydrogen-bond donors (Lipinski definition) is 1. The molecule has 1 aliphatic rings. The van der Waals surface area contributed by atoms with E-state index in [9.17, 15) is 4.79 Å². The second-order valence-corrected chi connectivity index (χ2v) is 4.08. The first-order valence-electron chi connectivity index (χ1n) is 5.48. The van der Waals surface area contributed by atoms with Gasteiger partial charge in [0.2, 0.25) is 0 Å². The van der Waals surface area contributed by atoms with Crippen LogP contribution in [-0.2, 0) is 0 Å². The van der Waals surface area contributed by atoms with Crippen LogP contribution < -0.4 is 5.73 Å². The van der Waals surface area contributed by atoms with Gasteiger partial charge in [0.15, 0.2) is 0 Å². The van der Waals surface area contributed by atoms with Gasteiger partial charge in [-0.05, 0) is 30.0 Å². The smallest absolute Gasteiger partial charge is 0.315 e. The van der Waals surface area contributed by atoms with Gasteiger partial charge >= 0.3 is 6.03 Å².